The highest BCUT2D eigenvalue weighted by atomic mass is 16.5. The molecule has 26 heavy (non-hydrogen) atoms. The molecule has 2 N–H and O–H groups in total. The molecule has 0 atom stereocenters. The molecule has 6 nitrogen and oxygen atoms in total. The topological polar surface area (TPSA) is 73.5 Å². The predicted octanol–water partition coefficient (Wildman–Crippen LogP) is 3.94. The van der Waals surface area contributed by atoms with Crippen molar-refractivity contribution in [3.63, 3.8) is 0 Å². The first-order chi connectivity index (χ1) is 12.8. The van der Waals surface area contributed by atoms with Crippen LogP contribution in [0.15, 0.2) is 54.9 Å². The van der Waals surface area contributed by atoms with Gasteiger partial charge in [0.15, 0.2) is 17.3 Å². The number of anilines is 3. The van der Waals surface area contributed by atoms with E-state index in [1.54, 1.807) is 7.11 Å². The van der Waals surface area contributed by atoms with E-state index >= 15 is 0 Å². The quantitative estimate of drug-likeness (QED) is 0.770. The smallest absolute Gasteiger partial charge is 0.248 e. The minimum Gasteiger partial charge on any atom is -0.493 e. The van der Waals surface area contributed by atoms with Crippen LogP contribution in [0.4, 0.5) is 17.2 Å². The van der Waals surface area contributed by atoms with E-state index in [1.807, 2.05) is 30.3 Å². The van der Waals surface area contributed by atoms with Crippen LogP contribution >= 0.6 is 0 Å². The second-order valence-corrected chi connectivity index (χ2v) is 6.05. The van der Waals surface area contributed by atoms with E-state index in [2.05, 4.69) is 33.1 Å². The lowest BCUT2D eigenvalue weighted by Crippen LogP contribution is -2.26. The summed E-state index contributed by atoms with van der Waals surface area (Å²) in [5, 5.41) is 0. The third-order valence-electron chi connectivity index (χ3n) is 4.47. The van der Waals surface area contributed by atoms with Gasteiger partial charge >= 0.3 is 0 Å². The van der Waals surface area contributed by atoms with Crippen molar-refractivity contribution in [1.82, 2.24) is 9.97 Å². The Morgan fingerprint density at radius 2 is 1.77 bits per heavy atom. The van der Waals surface area contributed by atoms with Crippen molar-refractivity contribution in [2.45, 2.75) is 12.8 Å². The van der Waals surface area contributed by atoms with Crippen LogP contribution in [0.2, 0.25) is 0 Å². The van der Waals surface area contributed by atoms with Gasteiger partial charge in [-0.1, -0.05) is 30.3 Å². The molecular formula is C20H20N4O2. The molecule has 0 radical (unpaired) electrons. The summed E-state index contributed by atoms with van der Waals surface area (Å²) in [6.07, 6.45) is 3.58. The molecule has 0 spiro atoms. The fourth-order valence-electron chi connectivity index (χ4n) is 3.23. The van der Waals surface area contributed by atoms with Crippen LogP contribution in [0, 0.1) is 0 Å². The highest BCUT2D eigenvalue weighted by molar-refractivity contribution is 5.76. The van der Waals surface area contributed by atoms with E-state index in [9.17, 15) is 0 Å². The standard InChI is InChI=1S/C20H20N4O2/c1-25-16-10-4-5-11-17(16)26-20-18(21)19(22-13-23-20)24-12-6-8-14-7-2-3-9-15(14)24/h2-5,7,9-11,13H,6,8,12,21H2,1H3. The van der Waals surface area contributed by atoms with E-state index in [1.165, 1.54) is 11.9 Å². The number of ether oxygens (including phenoxy) is 2. The summed E-state index contributed by atoms with van der Waals surface area (Å²) in [7, 11) is 1.60. The van der Waals surface area contributed by atoms with Gasteiger partial charge in [0.25, 0.3) is 0 Å². The molecule has 0 amide bonds. The molecule has 0 fully saturated rings. The average molecular weight is 348 g/mol. The van der Waals surface area contributed by atoms with Crippen LogP contribution in [-0.4, -0.2) is 23.6 Å². The molecule has 0 bridgehead atoms. The second-order valence-electron chi connectivity index (χ2n) is 6.05. The molecule has 1 aliphatic heterocycles. The number of para-hydroxylation sites is 3. The van der Waals surface area contributed by atoms with Gasteiger partial charge in [-0.15, -0.1) is 0 Å². The number of hydrogen-bond acceptors (Lipinski definition) is 6. The van der Waals surface area contributed by atoms with Crippen molar-refractivity contribution in [3.05, 3.63) is 60.4 Å². The monoisotopic (exact) mass is 348 g/mol. The van der Waals surface area contributed by atoms with Gasteiger partial charge in [0, 0.05) is 12.2 Å². The average Bonchev–Trinajstić information content (AvgIpc) is 2.70. The molecule has 3 aromatic rings. The van der Waals surface area contributed by atoms with Crippen LogP contribution < -0.4 is 20.1 Å². The first-order valence-corrected chi connectivity index (χ1v) is 8.54. The summed E-state index contributed by atoms with van der Waals surface area (Å²) in [5.41, 5.74) is 9.22. The second kappa shape index (κ2) is 6.92. The Kier molecular flexibility index (Phi) is 4.31. The van der Waals surface area contributed by atoms with Gasteiger partial charge in [-0.2, -0.15) is 4.98 Å². The Morgan fingerprint density at radius 1 is 1.00 bits per heavy atom. The number of rotatable bonds is 4. The van der Waals surface area contributed by atoms with Crippen molar-refractivity contribution >= 4 is 17.2 Å². The molecule has 1 aliphatic rings. The van der Waals surface area contributed by atoms with Crippen LogP contribution in [0.3, 0.4) is 0 Å². The van der Waals surface area contributed by atoms with Gasteiger partial charge in [0.05, 0.1) is 7.11 Å². The normalized spacial score (nSPS) is 13.2. The number of nitrogen functional groups attached to an aromatic ring is 1. The van der Waals surface area contributed by atoms with Crippen molar-refractivity contribution in [2.24, 2.45) is 0 Å². The molecule has 2 heterocycles. The molecular weight excluding hydrogens is 328 g/mol. The van der Waals surface area contributed by atoms with Crippen LogP contribution in [-0.2, 0) is 6.42 Å². The third kappa shape index (κ3) is 2.90. The lowest BCUT2D eigenvalue weighted by atomic mass is 10.0. The summed E-state index contributed by atoms with van der Waals surface area (Å²) in [6.45, 7) is 0.853. The van der Waals surface area contributed by atoms with Crippen molar-refractivity contribution < 1.29 is 9.47 Å². The fourth-order valence-corrected chi connectivity index (χ4v) is 3.23. The van der Waals surface area contributed by atoms with Crippen molar-refractivity contribution in [2.75, 3.05) is 24.3 Å². The number of hydrogen-bond donors (Lipinski definition) is 1. The number of fused-ring (bicyclic) bond motifs is 1. The van der Waals surface area contributed by atoms with Crippen LogP contribution in [0.25, 0.3) is 0 Å². The van der Waals surface area contributed by atoms with Crippen molar-refractivity contribution in [1.29, 1.82) is 0 Å². The number of aryl methyl sites for hydroxylation is 1. The minimum atomic E-state index is 0.322. The Balaban J connectivity index is 1.71. The van der Waals surface area contributed by atoms with Crippen LogP contribution in [0.1, 0.15) is 12.0 Å². The molecule has 4 rings (SSSR count). The van der Waals surface area contributed by atoms with Crippen LogP contribution in [0.5, 0.6) is 17.4 Å². The third-order valence-corrected chi connectivity index (χ3v) is 4.47. The van der Waals surface area contributed by atoms with Gasteiger partial charge in [-0.05, 0) is 36.6 Å². The lowest BCUT2D eigenvalue weighted by Gasteiger charge is -2.31. The molecule has 0 saturated carbocycles. The Labute approximate surface area is 152 Å². The van der Waals surface area contributed by atoms with Crippen molar-refractivity contribution in [3.8, 4) is 17.4 Å². The van der Waals surface area contributed by atoms with E-state index in [0.717, 1.165) is 25.1 Å². The van der Waals surface area contributed by atoms with Gasteiger partial charge in [0.1, 0.15) is 12.0 Å². The van der Waals surface area contributed by atoms with Gasteiger partial charge in [0.2, 0.25) is 5.88 Å². The molecule has 0 aliphatic carbocycles. The summed E-state index contributed by atoms with van der Waals surface area (Å²) < 4.78 is 11.3. The van der Waals surface area contributed by atoms with E-state index in [4.69, 9.17) is 15.2 Å². The number of benzene rings is 2. The lowest BCUT2D eigenvalue weighted by molar-refractivity contribution is 0.374. The predicted molar refractivity (Wildman–Crippen MR) is 101 cm³/mol. The zero-order valence-corrected chi connectivity index (χ0v) is 14.6. The maximum absolute atomic E-state index is 6.38. The highest BCUT2D eigenvalue weighted by Gasteiger charge is 2.23. The van der Waals surface area contributed by atoms with Gasteiger partial charge in [-0.3, -0.25) is 0 Å². The number of nitrogens with zero attached hydrogens (tertiary/aromatic N) is 3. The summed E-state index contributed by atoms with van der Waals surface area (Å²) in [6, 6.07) is 15.7. The zero-order valence-electron chi connectivity index (χ0n) is 14.6. The van der Waals surface area contributed by atoms with E-state index in [0.29, 0.717) is 28.9 Å². The summed E-state index contributed by atoms with van der Waals surface area (Å²) in [5.74, 6) is 2.17. The highest BCUT2D eigenvalue weighted by Crippen LogP contribution is 2.39. The minimum absolute atomic E-state index is 0.322. The van der Waals surface area contributed by atoms with Gasteiger partial charge in [-0.25, -0.2) is 4.98 Å². The van der Waals surface area contributed by atoms with E-state index in [-0.39, 0.29) is 0 Å². The summed E-state index contributed by atoms with van der Waals surface area (Å²) in [4.78, 5) is 10.8. The SMILES string of the molecule is COc1ccccc1Oc1ncnc(N2CCCc3ccccc32)c1N. The largest absolute Gasteiger partial charge is 0.493 e. The Morgan fingerprint density at radius 3 is 2.62 bits per heavy atom. The fraction of sp³-hybridized carbons (Fsp3) is 0.200. The molecule has 6 heteroatoms. The Hall–Kier alpha value is -3.28. The molecule has 1 aromatic heterocycles. The molecule has 0 saturated heterocycles. The van der Waals surface area contributed by atoms with E-state index < -0.39 is 0 Å². The molecule has 2 aromatic carbocycles. The maximum Gasteiger partial charge on any atom is 0.248 e. The molecule has 0 unspecified atom stereocenters. The molecule has 132 valence electrons. The number of nitrogens with two attached hydrogens (primary N) is 1. The Bertz CT molecular complexity index is 929. The number of aromatic nitrogens is 2. The first-order valence-electron chi connectivity index (χ1n) is 8.54. The van der Waals surface area contributed by atoms with Gasteiger partial charge < -0.3 is 20.1 Å². The first kappa shape index (κ1) is 16.2. The summed E-state index contributed by atoms with van der Waals surface area (Å²) >= 11 is 0. The maximum atomic E-state index is 6.38. The number of methoxy groups -OCH3 is 1. The zero-order chi connectivity index (χ0) is 17.9.